The Morgan fingerprint density at radius 2 is 1.43 bits per heavy atom. The lowest BCUT2D eigenvalue weighted by atomic mass is 10.1. The summed E-state index contributed by atoms with van der Waals surface area (Å²) in [6, 6.07) is 14.4. The smallest absolute Gasteiger partial charge is 0.261 e. The summed E-state index contributed by atoms with van der Waals surface area (Å²) < 4.78 is 0. The third kappa shape index (κ3) is 3.47. The molecule has 3 amide bonds. The maximum absolute atomic E-state index is 12.6. The van der Waals surface area contributed by atoms with Crippen molar-refractivity contribution >= 4 is 35.0 Å². The van der Waals surface area contributed by atoms with Gasteiger partial charge in [0.25, 0.3) is 11.8 Å². The molecule has 0 aliphatic carbocycles. The SMILES string of the molecule is O=C(CCN1C(=O)c2ccccc2C1=O)N1CCN(c2ccc(Cl)cc2)CC1. The molecule has 1 fully saturated rings. The molecule has 0 saturated carbocycles. The number of anilines is 1. The second kappa shape index (κ2) is 7.64. The molecule has 7 heteroatoms. The number of hydrogen-bond donors (Lipinski definition) is 0. The quantitative estimate of drug-likeness (QED) is 0.744. The van der Waals surface area contributed by atoms with Gasteiger partial charge < -0.3 is 9.80 Å². The van der Waals surface area contributed by atoms with Gasteiger partial charge in [-0.15, -0.1) is 0 Å². The molecule has 6 nitrogen and oxygen atoms in total. The minimum atomic E-state index is -0.319. The summed E-state index contributed by atoms with van der Waals surface area (Å²) in [6.07, 6.45) is 0.145. The summed E-state index contributed by atoms with van der Waals surface area (Å²) in [5.74, 6) is -0.672. The number of nitrogens with zero attached hydrogens (tertiary/aromatic N) is 3. The summed E-state index contributed by atoms with van der Waals surface area (Å²) in [4.78, 5) is 42.5. The van der Waals surface area contributed by atoms with Gasteiger partial charge in [-0.05, 0) is 36.4 Å². The number of imide groups is 1. The van der Waals surface area contributed by atoms with Crippen molar-refractivity contribution < 1.29 is 14.4 Å². The zero-order chi connectivity index (χ0) is 19.7. The molecule has 2 aromatic rings. The van der Waals surface area contributed by atoms with Crippen molar-refractivity contribution in [1.29, 1.82) is 0 Å². The van der Waals surface area contributed by atoms with E-state index in [0.717, 1.165) is 18.8 Å². The first-order valence-corrected chi connectivity index (χ1v) is 9.66. The van der Waals surface area contributed by atoms with Crippen LogP contribution in [0.3, 0.4) is 0 Å². The van der Waals surface area contributed by atoms with Gasteiger partial charge in [0.05, 0.1) is 11.1 Å². The molecule has 0 bridgehead atoms. The number of fused-ring (bicyclic) bond motifs is 1. The lowest BCUT2D eigenvalue weighted by molar-refractivity contribution is -0.131. The Bertz CT molecular complexity index is 886. The van der Waals surface area contributed by atoms with Crippen LogP contribution in [0, 0.1) is 0 Å². The monoisotopic (exact) mass is 397 g/mol. The number of carbonyl (C=O) groups excluding carboxylic acids is 3. The third-order valence-electron chi connectivity index (χ3n) is 5.25. The van der Waals surface area contributed by atoms with Gasteiger partial charge in [-0.3, -0.25) is 19.3 Å². The predicted molar refractivity (Wildman–Crippen MR) is 107 cm³/mol. The number of rotatable bonds is 4. The van der Waals surface area contributed by atoms with Gasteiger partial charge in [0.15, 0.2) is 0 Å². The van der Waals surface area contributed by atoms with Crippen LogP contribution in [0.2, 0.25) is 5.02 Å². The summed E-state index contributed by atoms with van der Waals surface area (Å²) in [5.41, 5.74) is 1.91. The van der Waals surface area contributed by atoms with Gasteiger partial charge >= 0.3 is 0 Å². The van der Waals surface area contributed by atoms with E-state index in [-0.39, 0.29) is 30.7 Å². The first-order chi connectivity index (χ1) is 13.5. The van der Waals surface area contributed by atoms with Crippen molar-refractivity contribution in [3.05, 3.63) is 64.7 Å². The molecule has 4 rings (SSSR count). The van der Waals surface area contributed by atoms with Gasteiger partial charge in [0, 0.05) is 49.9 Å². The zero-order valence-electron chi connectivity index (χ0n) is 15.3. The first-order valence-electron chi connectivity index (χ1n) is 9.28. The molecule has 0 atom stereocenters. The molecule has 2 aromatic carbocycles. The van der Waals surface area contributed by atoms with Gasteiger partial charge in [0.1, 0.15) is 0 Å². The molecule has 2 aliphatic heterocycles. The average molecular weight is 398 g/mol. The van der Waals surface area contributed by atoms with Crippen molar-refractivity contribution in [2.75, 3.05) is 37.6 Å². The fourth-order valence-corrected chi connectivity index (χ4v) is 3.80. The molecule has 0 radical (unpaired) electrons. The van der Waals surface area contributed by atoms with Crippen molar-refractivity contribution in [3.63, 3.8) is 0 Å². The van der Waals surface area contributed by atoms with E-state index in [1.807, 2.05) is 24.3 Å². The van der Waals surface area contributed by atoms with Crippen molar-refractivity contribution in [2.24, 2.45) is 0 Å². The highest BCUT2D eigenvalue weighted by Crippen LogP contribution is 2.23. The lowest BCUT2D eigenvalue weighted by Gasteiger charge is -2.36. The molecule has 0 aromatic heterocycles. The van der Waals surface area contributed by atoms with E-state index < -0.39 is 0 Å². The summed E-state index contributed by atoms with van der Waals surface area (Å²) in [6.45, 7) is 2.82. The van der Waals surface area contributed by atoms with Crippen LogP contribution in [0.1, 0.15) is 27.1 Å². The number of hydrogen-bond acceptors (Lipinski definition) is 4. The molecule has 28 heavy (non-hydrogen) atoms. The van der Waals surface area contributed by atoms with Crippen LogP contribution in [0.5, 0.6) is 0 Å². The minimum absolute atomic E-state index is 0.0349. The van der Waals surface area contributed by atoms with E-state index in [1.165, 1.54) is 4.90 Å². The van der Waals surface area contributed by atoms with Crippen LogP contribution in [0.15, 0.2) is 48.5 Å². The maximum Gasteiger partial charge on any atom is 0.261 e. The van der Waals surface area contributed by atoms with Gasteiger partial charge in [-0.1, -0.05) is 23.7 Å². The summed E-state index contributed by atoms with van der Waals surface area (Å²) in [7, 11) is 0. The maximum atomic E-state index is 12.6. The topological polar surface area (TPSA) is 60.9 Å². The fraction of sp³-hybridized carbons (Fsp3) is 0.286. The number of halogens is 1. The number of piperazine rings is 1. The predicted octanol–water partition coefficient (Wildman–Crippen LogP) is 2.67. The lowest BCUT2D eigenvalue weighted by Crippen LogP contribution is -2.49. The Hall–Kier alpha value is -2.86. The third-order valence-corrected chi connectivity index (χ3v) is 5.50. The fourth-order valence-electron chi connectivity index (χ4n) is 3.67. The highest BCUT2D eigenvalue weighted by Gasteiger charge is 2.35. The second-order valence-electron chi connectivity index (χ2n) is 6.90. The van der Waals surface area contributed by atoms with Crippen LogP contribution in [-0.2, 0) is 4.79 Å². The Morgan fingerprint density at radius 1 is 0.857 bits per heavy atom. The Balaban J connectivity index is 1.30. The van der Waals surface area contributed by atoms with Crippen molar-refractivity contribution in [2.45, 2.75) is 6.42 Å². The number of benzene rings is 2. The van der Waals surface area contributed by atoms with E-state index in [1.54, 1.807) is 29.2 Å². The molecule has 0 spiro atoms. The molecule has 2 aliphatic rings. The molecule has 2 heterocycles. The molecule has 1 saturated heterocycles. The van der Waals surface area contributed by atoms with Crippen LogP contribution in [0.25, 0.3) is 0 Å². The van der Waals surface area contributed by atoms with E-state index in [2.05, 4.69) is 4.90 Å². The molecule has 0 unspecified atom stereocenters. The van der Waals surface area contributed by atoms with Crippen molar-refractivity contribution in [3.8, 4) is 0 Å². The molecule has 0 N–H and O–H groups in total. The Morgan fingerprint density at radius 3 is 2.00 bits per heavy atom. The molecule has 144 valence electrons. The zero-order valence-corrected chi connectivity index (χ0v) is 16.1. The van der Waals surface area contributed by atoms with E-state index >= 15 is 0 Å². The first kappa shape index (κ1) is 18.5. The second-order valence-corrected chi connectivity index (χ2v) is 7.34. The minimum Gasteiger partial charge on any atom is -0.368 e. The van der Waals surface area contributed by atoms with E-state index in [0.29, 0.717) is 29.2 Å². The molecular weight excluding hydrogens is 378 g/mol. The highest BCUT2D eigenvalue weighted by molar-refractivity contribution is 6.30. The van der Waals surface area contributed by atoms with Crippen LogP contribution in [0.4, 0.5) is 5.69 Å². The van der Waals surface area contributed by atoms with E-state index in [4.69, 9.17) is 11.6 Å². The van der Waals surface area contributed by atoms with Crippen LogP contribution >= 0.6 is 11.6 Å². The van der Waals surface area contributed by atoms with Crippen molar-refractivity contribution in [1.82, 2.24) is 9.80 Å². The summed E-state index contributed by atoms with van der Waals surface area (Å²) in [5, 5.41) is 0.700. The van der Waals surface area contributed by atoms with Gasteiger partial charge in [0.2, 0.25) is 5.91 Å². The van der Waals surface area contributed by atoms with E-state index in [9.17, 15) is 14.4 Å². The average Bonchev–Trinajstić information content (AvgIpc) is 2.97. The molecular formula is C21H20ClN3O3. The van der Waals surface area contributed by atoms with Gasteiger partial charge in [-0.25, -0.2) is 0 Å². The Kier molecular flexibility index (Phi) is 5.05. The Labute approximate surface area is 168 Å². The number of amides is 3. The summed E-state index contributed by atoms with van der Waals surface area (Å²) >= 11 is 5.93. The largest absolute Gasteiger partial charge is 0.368 e. The van der Waals surface area contributed by atoms with Crippen LogP contribution < -0.4 is 4.90 Å². The van der Waals surface area contributed by atoms with Gasteiger partial charge in [-0.2, -0.15) is 0 Å². The normalized spacial score (nSPS) is 16.5. The van der Waals surface area contributed by atoms with Crippen LogP contribution in [-0.4, -0.2) is 60.2 Å². The highest BCUT2D eigenvalue weighted by atomic mass is 35.5. The standard InChI is InChI=1S/C21H20ClN3O3/c22-15-5-7-16(8-6-15)23-11-13-24(14-12-23)19(26)9-10-25-20(27)17-3-1-2-4-18(17)21(25)28/h1-8H,9-14H2. The number of carbonyl (C=O) groups is 3.